The number of benzene rings is 2. The zero-order valence-electron chi connectivity index (χ0n) is 21.9. The summed E-state index contributed by atoms with van der Waals surface area (Å²) in [6.07, 6.45) is 2.59. The fourth-order valence-electron chi connectivity index (χ4n) is 5.08. The summed E-state index contributed by atoms with van der Waals surface area (Å²) in [6.45, 7) is 1.92. The fourth-order valence-corrected chi connectivity index (χ4v) is 5.38. The van der Waals surface area contributed by atoms with Crippen molar-refractivity contribution in [2.24, 2.45) is 11.0 Å². The Labute approximate surface area is 236 Å². The summed E-state index contributed by atoms with van der Waals surface area (Å²) in [5.41, 5.74) is 4.76. The van der Waals surface area contributed by atoms with Crippen molar-refractivity contribution in [1.29, 1.82) is 0 Å². The zero-order valence-corrected chi connectivity index (χ0v) is 23.4. The average Bonchev–Trinajstić information content (AvgIpc) is 2.89. The van der Waals surface area contributed by atoms with E-state index in [1.54, 1.807) is 25.1 Å². The molecule has 9 nitrogen and oxygen atoms in total. The molecule has 0 aromatic heterocycles. The maximum atomic E-state index is 13.6. The van der Waals surface area contributed by atoms with Crippen LogP contribution < -0.4 is 10.3 Å². The molecule has 1 saturated carbocycles. The number of aliphatic carboxylic acids is 1. The number of carbonyl (C=O) groups is 3. The number of phenols is 1. The first-order valence-corrected chi connectivity index (χ1v) is 13.3. The Kier molecular flexibility index (Phi) is 8.64. The van der Waals surface area contributed by atoms with E-state index in [1.807, 2.05) is 19.0 Å². The molecule has 2 aromatic rings. The third-order valence-electron chi connectivity index (χ3n) is 7.13. The fraction of sp³-hybridized carbons (Fsp3) is 0.357. The first-order chi connectivity index (χ1) is 18.5. The Morgan fingerprint density at radius 3 is 2.54 bits per heavy atom. The minimum Gasteiger partial charge on any atom is -0.505 e. The van der Waals surface area contributed by atoms with Gasteiger partial charge in [0.2, 0.25) is 0 Å². The predicted octanol–water partition coefficient (Wildman–Crippen LogP) is 5.28. The van der Waals surface area contributed by atoms with Crippen molar-refractivity contribution in [3.05, 3.63) is 63.2 Å². The summed E-state index contributed by atoms with van der Waals surface area (Å²) in [7, 11) is 3.62. The van der Waals surface area contributed by atoms with Gasteiger partial charge in [-0.25, -0.2) is 4.90 Å². The number of halogens is 2. The quantitative estimate of drug-likeness (QED) is 0.234. The van der Waals surface area contributed by atoms with Crippen LogP contribution in [0.2, 0.25) is 10.0 Å². The average molecular weight is 573 g/mol. The van der Waals surface area contributed by atoms with Gasteiger partial charge in [0, 0.05) is 12.1 Å². The number of amides is 2. The highest BCUT2D eigenvalue weighted by molar-refractivity contribution is 6.57. The Hall–Kier alpha value is -3.40. The Morgan fingerprint density at radius 2 is 1.87 bits per heavy atom. The third-order valence-corrected chi connectivity index (χ3v) is 7.87. The molecule has 1 fully saturated rings. The highest BCUT2D eigenvalue weighted by Crippen LogP contribution is 2.42. The van der Waals surface area contributed by atoms with Crippen LogP contribution in [0.25, 0.3) is 0 Å². The SMILES string of the molecule is CC1=C(CN(C)C)C(=O)N(c2ccc(Cl)c(Cl)c2)C(=O)/C1=N/Nc1cccc(C2CCCC(C(=O)O)C2)c1O. The summed E-state index contributed by atoms with van der Waals surface area (Å²) in [5.74, 6) is -2.58. The van der Waals surface area contributed by atoms with Gasteiger partial charge in [0.25, 0.3) is 11.8 Å². The summed E-state index contributed by atoms with van der Waals surface area (Å²) < 4.78 is 0. The maximum absolute atomic E-state index is 13.6. The number of carbonyl (C=O) groups excluding carboxylic acids is 2. The van der Waals surface area contributed by atoms with Crippen LogP contribution in [0.1, 0.15) is 44.1 Å². The lowest BCUT2D eigenvalue weighted by atomic mass is 9.77. The number of hydrogen-bond acceptors (Lipinski definition) is 7. The number of carboxylic acid groups (broad SMARTS) is 1. The minimum absolute atomic E-state index is 0.00549. The van der Waals surface area contributed by atoms with E-state index in [9.17, 15) is 24.6 Å². The molecule has 0 radical (unpaired) electrons. The normalized spacial score (nSPS) is 21.2. The monoisotopic (exact) mass is 572 g/mol. The van der Waals surface area contributed by atoms with E-state index < -0.39 is 23.7 Å². The van der Waals surface area contributed by atoms with Crippen LogP contribution in [0.5, 0.6) is 5.75 Å². The lowest BCUT2D eigenvalue weighted by Crippen LogP contribution is -2.49. The van der Waals surface area contributed by atoms with Crippen LogP contribution in [0.4, 0.5) is 11.4 Å². The van der Waals surface area contributed by atoms with Crippen LogP contribution in [-0.2, 0) is 14.4 Å². The number of imide groups is 1. The molecule has 1 heterocycles. The van der Waals surface area contributed by atoms with Gasteiger partial charge in [0.1, 0.15) is 5.75 Å². The van der Waals surface area contributed by atoms with E-state index >= 15 is 0 Å². The molecule has 3 N–H and O–H groups in total. The number of likely N-dealkylation sites (N-methyl/N-ethyl adjacent to an activating group) is 1. The van der Waals surface area contributed by atoms with Crippen LogP contribution >= 0.6 is 23.2 Å². The topological polar surface area (TPSA) is 123 Å². The Balaban J connectivity index is 1.70. The van der Waals surface area contributed by atoms with Gasteiger partial charge in [-0.3, -0.25) is 19.8 Å². The zero-order chi connectivity index (χ0) is 28.4. The van der Waals surface area contributed by atoms with Crippen molar-refractivity contribution in [1.82, 2.24) is 4.90 Å². The Bertz CT molecular complexity index is 1390. The molecule has 0 saturated heterocycles. The van der Waals surface area contributed by atoms with E-state index in [2.05, 4.69) is 10.5 Å². The Morgan fingerprint density at radius 1 is 1.13 bits per heavy atom. The van der Waals surface area contributed by atoms with E-state index in [0.29, 0.717) is 29.6 Å². The van der Waals surface area contributed by atoms with Crippen molar-refractivity contribution < 1.29 is 24.6 Å². The standard InChI is InChI=1S/C28H30Cl2N4O5/c1-15-20(14-33(2)3)26(36)34(18-10-11-21(29)22(30)13-18)27(37)24(15)32-31-23-9-5-8-19(25(23)35)16-6-4-7-17(12-16)28(38)39/h5,8-11,13,16-17,31,35H,4,6-7,12,14H2,1-3H3,(H,38,39)/b32-24+. The number of rotatable bonds is 7. The summed E-state index contributed by atoms with van der Waals surface area (Å²) in [4.78, 5) is 41.4. The molecule has 2 unspecified atom stereocenters. The van der Waals surface area contributed by atoms with Crippen molar-refractivity contribution >= 4 is 58.1 Å². The maximum Gasteiger partial charge on any atom is 0.306 e. The van der Waals surface area contributed by atoms with E-state index in [4.69, 9.17) is 23.2 Å². The van der Waals surface area contributed by atoms with E-state index in [1.165, 1.54) is 18.2 Å². The van der Waals surface area contributed by atoms with Crippen LogP contribution in [0, 0.1) is 5.92 Å². The summed E-state index contributed by atoms with van der Waals surface area (Å²) in [6, 6.07) is 9.63. The van der Waals surface area contributed by atoms with Gasteiger partial charge in [-0.2, -0.15) is 5.10 Å². The molecule has 2 aromatic carbocycles. The number of aromatic hydroxyl groups is 1. The molecule has 2 atom stereocenters. The van der Waals surface area contributed by atoms with Crippen molar-refractivity contribution in [3.63, 3.8) is 0 Å². The van der Waals surface area contributed by atoms with Crippen LogP contribution in [-0.4, -0.2) is 59.2 Å². The lowest BCUT2D eigenvalue weighted by Gasteiger charge is -2.30. The van der Waals surface area contributed by atoms with Gasteiger partial charge < -0.3 is 15.1 Å². The van der Waals surface area contributed by atoms with Gasteiger partial charge in [0.05, 0.1) is 27.3 Å². The number of carboxylic acids is 1. The smallest absolute Gasteiger partial charge is 0.306 e. The molecule has 0 spiro atoms. The van der Waals surface area contributed by atoms with Crippen molar-refractivity contribution in [2.75, 3.05) is 31.0 Å². The molecule has 1 aliphatic carbocycles. The number of nitrogens with one attached hydrogen (secondary N) is 1. The molecule has 0 bridgehead atoms. The number of para-hydroxylation sites is 1. The van der Waals surface area contributed by atoms with Gasteiger partial charge in [-0.1, -0.05) is 41.8 Å². The molecule has 4 rings (SSSR count). The van der Waals surface area contributed by atoms with Gasteiger partial charge >= 0.3 is 5.97 Å². The lowest BCUT2D eigenvalue weighted by molar-refractivity contribution is -0.143. The van der Waals surface area contributed by atoms with Gasteiger partial charge in [0.15, 0.2) is 5.71 Å². The number of nitrogens with zero attached hydrogens (tertiary/aromatic N) is 3. The predicted molar refractivity (Wildman–Crippen MR) is 152 cm³/mol. The second-order valence-electron chi connectivity index (χ2n) is 10.1. The van der Waals surface area contributed by atoms with E-state index in [-0.39, 0.29) is 45.3 Å². The summed E-state index contributed by atoms with van der Waals surface area (Å²) in [5, 5.41) is 25.3. The second kappa shape index (κ2) is 11.8. The highest BCUT2D eigenvalue weighted by atomic mass is 35.5. The minimum atomic E-state index is -0.826. The van der Waals surface area contributed by atoms with Crippen LogP contribution in [0.15, 0.2) is 52.6 Å². The molecule has 11 heteroatoms. The number of anilines is 2. The first-order valence-electron chi connectivity index (χ1n) is 12.6. The van der Waals surface area contributed by atoms with Crippen molar-refractivity contribution in [3.8, 4) is 5.75 Å². The summed E-state index contributed by atoms with van der Waals surface area (Å²) >= 11 is 12.2. The molecule has 206 valence electrons. The van der Waals surface area contributed by atoms with Gasteiger partial charge in [-0.05, 0) is 81.6 Å². The molecular formula is C28H30Cl2N4O5. The second-order valence-corrected chi connectivity index (χ2v) is 10.9. The van der Waals surface area contributed by atoms with E-state index in [0.717, 1.165) is 17.7 Å². The molecule has 2 aliphatic rings. The number of hydrogen-bond donors (Lipinski definition) is 3. The molecule has 2 amide bonds. The highest BCUT2D eigenvalue weighted by Gasteiger charge is 2.38. The first kappa shape index (κ1) is 28.6. The number of hydrazone groups is 1. The molecule has 1 aliphatic heterocycles. The molecular weight excluding hydrogens is 543 g/mol. The van der Waals surface area contributed by atoms with Gasteiger partial charge in [-0.15, -0.1) is 0 Å². The number of phenolic OH excluding ortho intramolecular Hbond substituents is 1. The van der Waals surface area contributed by atoms with Crippen LogP contribution in [0.3, 0.4) is 0 Å². The molecule has 39 heavy (non-hydrogen) atoms. The van der Waals surface area contributed by atoms with Crippen molar-refractivity contribution in [2.45, 2.75) is 38.5 Å². The largest absolute Gasteiger partial charge is 0.505 e. The third kappa shape index (κ3) is 5.95.